The average molecular weight is 1720 g/mol. The predicted octanol–water partition coefficient (Wildman–Crippen LogP) is 32.4. The molecule has 8 aromatic heterocycles. The summed E-state index contributed by atoms with van der Waals surface area (Å²) in [6.45, 7) is 0. The van der Waals surface area contributed by atoms with Crippen molar-refractivity contribution in [3.8, 4) is 194 Å². The van der Waals surface area contributed by atoms with Gasteiger partial charge in [0.25, 0.3) is 0 Å². The van der Waals surface area contributed by atoms with E-state index < -0.39 is 0 Å². The van der Waals surface area contributed by atoms with Crippen molar-refractivity contribution >= 4 is 55.8 Å². The van der Waals surface area contributed by atoms with Gasteiger partial charge in [-0.1, -0.05) is 376 Å². The van der Waals surface area contributed by atoms with Crippen molar-refractivity contribution in [3.05, 3.63) is 484 Å². The van der Waals surface area contributed by atoms with E-state index in [1.165, 1.54) is 88.6 Å². The Morgan fingerprint density at radius 3 is 0.746 bits per heavy atom. The van der Waals surface area contributed by atoms with E-state index in [0.717, 1.165) is 128 Å². The van der Waals surface area contributed by atoms with E-state index in [1.807, 2.05) is 54.7 Å². The van der Waals surface area contributed by atoms with Gasteiger partial charge >= 0.3 is 0 Å². The highest BCUT2D eigenvalue weighted by molar-refractivity contribution is 7.14. The molecule has 0 spiro atoms. The number of para-hydroxylation sites is 2. The van der Waals surface area contributed by atoms with E-state index in [1.54, 1.807) is 40.2 Å². The van der Waals surface area contributed by atoms with E-state index in [0.29, 0.717) is 0 Å². The molecule has 0 radical (unpaired) electrons. The summed E-state index contributed by atoms with van der Waals surface area (Å²) < 4.78 is 2.36. The maximum Gasteiger partial charge on any atom is 0.170 e. The molecule has 0 fully saturated rings. The molecule has 23 aromatic rings. The fourth-order valence-corrected chi connectivity index (χ4v) is 18.6. The van der Waals surface area contributed by atoms with Crippen LogP contribution in [-0.2, 0) is 0 Å². The van der Waals surface area contributed by atoms with Gasteiger partial charge in [-0.2, -0.15) is 0 Å². The third-order valence-electron chi connectivity index (χ3n) is 23.3. The Labute approximate surface area is 767 Å². The number of benzene rings is 15. The molecule has 0 saturated heterocycles. The summed E-state index contributed by atoms with van der Waals surface area (Å²) in [4.78, 5) is 37.4. The minimum atomic E-state index is 0.743. The normalized spacial score (nSPS) is 11.1. The molecule has 23 rings (SSSR count). The average Bonchev–Trinajstić information content (AvgIpc) is 1.59. The Kier molecular flexibility index (Phi) is 23.2. The second kappa shape index (κ2) is 37.4. The third-order valence-corrected chi connectivity index (χ3v) is 25.9. The number of fused-ring (bicyclic) bond motifs is 3. The Bertz CT molecular complexity index is 7490. The standard InChI is InChI=1S/C44H29N3S.C38H26N2S.C37H25N3S/c1-3-10-30(11-4-1)31-17-21-33(22-18-31)39-29-40(46-44(45-39)43-16-9-27-48-43)34-23-19-32(20-24-34)35-25-26-38-37-14-7-8-15-41(37)47(42(38)28-35)36-12-5-2-6-13-36;1-3-9-27(10-4-1)29-16-20-31(21-17-29)35-26-36(40-38(39-35)37-15-8-24-41-37)32-22-18-30(19-23-32)34-14-7-13-33(25-34)28-11-5-2-6-12-28;1-2-7-26(8-3-1)27-13-17-29(18-14-27)34-24-35(40-37(39-34)36-12-6-22-41-36)30-19-15-28(16-20-30)31-9-4-10-32(23-31)33-11-5-21-38-25-33/h1-29H;1-26H;1-25H. The van der Waals surface area contributed by atoms with Gasteiger partial charge in [-0.25, -0.2) is 29.9 Å². The number of aromatic nitrogens is 8. The molecule has 15 aromatic carbocycles. The molecular formula is C119H80N8S3. The number of thiophene rings is 3. The summed E-state index contributed by atoms with van der Waals surface area (Å²) >= 11 is 4.97. The van der Waals surface area contributed by atoms with Crippen molar-refractivity contribution in [1.29, 1.82) is 0 Å². The summed E-state index contributed by atoms with van der Waals surface area (Å²) in [6, 6.07) is 160. The lowest BCUT2D eigenvalue weighted by molar-refractivity contribution is 1.18. The summed E-state index contributed by atoms with van der Waals surface area (Å²) in [5.41, 5.74) is 34.3. The highest BCUT2D eigenvalue weighted by Crippen LogP contribution is 2.41. The van der Waals surface area contributed by atoms with Crippen molar-refractivity contribution in [2.45, 2.75) is 0 Å². The molecule has 0 N–H and O–H groups in total. The van der Waals surface area contributed by atoms with Crippen LogP contribution in [0.5, 0.6) is 0 Å². The molecule has 614 valence electrons. The largest absolute Gasteiger partial charge is 0.309 e. The summed E-state index contributed by atoms with van der Waals surface area (Å²) in [5, 5.41) is 8.71. The molecule has 0 unspecified atom stereocenters. The van der Waals surface area contributed by atoms with Crippen LogP contribution in [0.4, 0.5) is 0 Å². The lowest BCUT2D eigenvalue weighted by atomic mass is 9.98. The number of pyridine rings is 1. The van der Waals surface area contributed by atoms with Crippen LogP contribution in [0.1, 0.15) is 0 Å². The van der Waals surface area contributed by atoms with Gasteiger partial charge in [0.2, 0.25) is 0 Å². The van der Waals surface area contributed by atoms with Gasteiger partial charge in [-0.05, 0) is 178 Å². The van der Waals surface area contributed by atoms with Crippen LogP contribution in [0.2, 0.25) is 0 Å². The van der Waals surface area contributed by atoms with Gasteiger partial charge < -0.3 is 4.57 Å². The summed E-state index contributed by atoms with van der Waals surface area (Å²) in [6.07, 6.45) is 3.70. The van der Waals surface area contributed by atoms with E-state index in [4.69, 9.17) is 29.9 Å². The Hall–Kier alpha value is -16.4. The van der Waals surface area contributed by atoms with Crippen LogP contribution in [0.25, 0.3) is 216 Å². The number of rotatable bonds is 18. The van der Waals surface area contributed by atoms with Crippen molar-refractivity contribution in [3.63, 3.8) is 0 Å². The van der Waals surface area contributed by atoms with Crippen molar-refractivity contribution in [2.75, 3.05) is 0 Å². The zero-order chi connectivity index (χ0) is 86.7. The van der Waals surface area contributed by atoms with E-state index in [9.17, 15) is 0 Å². The summed E-state index contributed by atoms with van der Waals surface area (Å²) in [7, 11) is 0. The summed E-state index contributed by atoms with van der Waals surface area (Å²) in [5.74, 6) is 2.24. The second-order valence-electron chi connectivity index (χ2n) is 31.6. The lowest BCUT2D eigenvalue weighted by Gasteiger charge is -2.11. The van der Waals surface area contributed by atoms with Crippen molar-refractivity contribution in [1.82, 2.24) is 39.5 Å². The monoisotopic (exact) mass is 1720 g/mol. The molecule has 0 atom stereocenters. The Morgan fingerprint density at radius 2 is 0.423 bits per heavy atom. The molecule has 0 saturated carbocycles. The molecule has 0 amide bonds. The molecule has 0 aliphatic rings. The minimum absolute atomic E-state index is 0.743. The lowest BCUT2D eigenvalue weighted by Crippen LogP contribution is -1.95. The highest BCUT2D eigenvalue weighted by Gasteiger charge is 2.20. The SMILES string of the molecule is c1ccc(-c2ccc(-c3cc(-c4ccc(-c5ccc6c7ccccc7n(-c7ccccc7)c6c5)cc4)nc(-c4cccs4)n3)cc2)cc1.c1ccc(-c2ccc(-c3cc(-c4ccc(-c5cccc(-c6ccccc6)c5)cc4)nc(-c4cccs4)n3)cc2)cc1.c1ccc(-c2ccc(-c3cc(-c4ccc(-c5cccc(-c6cccnc6)c5)cc4)nc(-c4cccs4)n3)cc2)cc1. The van der Waals surface area contributed by atoms with Gasteiger partial charge in [-0.3, -0.25) is 4.98 Å². The zero-order valence-electron chi connectivity index (χ0n) is 70.5. The molecule has 11 heteroatoms. The number of hydrogen-bond donors (Lipinski definition) is 0. The molecule has 8 heterocycles. The van der Waals surface area contributed by atoms with E-state index in [-0.39, 0.29) is 0 Å². The quantitative estimate of drug-likeness (QED) is 0.0844. The fraction of sp³-hybridized carbons (Fsp3) is 0. The minimum Gasteiger partial charge on any atom is -0.309 e. The predicted molar refractivity (Wildman–Crippen MR) is 544 cm³/mol. The number of hydrogen-bond acceptors (Lipinski definition) is 10. The topological polar surface area (TPSA) is 95.2 Å². The van der Waals surface area contributed by atoms with E-state index >= 15 is 0 Å². The molecule has 0 aliphatic heterocycles. The van der Waals surface area contributed by atoms with Crippen LogP contribution in [0.15, 0.2) is 484 Å². The van der Waals surface area contributed by atoms with Crippen LogP contribution in [0, 0.1) is 0 Å². The van der Waals surface area contributed by atoms with Gasteiger partial charge in [-0.15, -0.1) is 34.0 Å². The first kappa shape index (κ1) is 80.7. The second-order valence-corrected chi connectivity index (χ2v) is 34.4. The van der Waals surface area contributed by atoms with Gasteiger partial charge in [0, 0.05) is 67.8 Å². The van der Waals surface area contributed by atoms with Crippen LogP contribution in [0.3, 0.4) is 0 Å². The van der Waals surface area contributed by atoms with Gasteiger partial charge in [0.05, 0.1) is 59.8 Å². The van der Waals surface area contributed by atoms with Crippen LogP contribution >= 0.6 is 34.0 Å². The molecule has 8 nitrogen and oxygen atoms in total. The van der Waals surface area contributed by atoms with Crippen molar-refractivity contribution in [2.24, 2.45) is 0 Å². The molecule has 0 bridgehead atoms. The zero-order valence-corrected chi connectivity index (χ0v) is 72.9. The highest BCUT2D eigenvalue weighted by atomic mass is 32.1. The van der Waals surface area contributed by atoms with Crippen molar-refractivity contribution < 1.29 is 0 Å². The van der Waals surface area contributed by atoms with Crippen LogP contribution < -0.4 is 0 Å². The van der Waals surface area contributed by atoms with E-state index in [2.05, 4.69) is 432 Å². The first-order valence-electron chi connectivity index (χ1n) is 43.2. The van der Waals surface area contributed by atoms with Gasteiger partial charge in [0.15, 0.2) is 17.5 Å². The number of nitrogens with zero attached hydrogens (tertiary/aromatic N) is 8. The maximum absolute atomic E-state index is 5.05. The maximum atomic E-state index is 5.05. The smallest absolute Gasteiger partial charge is 0.170 e. The first-order valence-corrected chi connectivity index (χ1v) is 45.9. The van der Waals surface area contributed by atoms with Gasteiger partial charge in [0.1, 0.15) is 0 Å². The molecule has 130 heavy (non-hydrogen) atoms. The van der Waals surface area contributed by atoms with Crippen LogP contribution in [-0.4, -0.2) is 39.5 Å². The Morgan fingerprint density at radius 1 is 0.169 bits per heavy atom. The third kappa shape index (κ3) is 17.8. The Balaban J connectivity index is 0.000000119. The fourth-order valence-electron chi connectivity index (χ4n) is 16.6. The first-order chi connectivity index (χ1) is 64.4. The molecular weight excluding hydrogens is 1640 g/mol. The molecule has 0 aliphatic carbocycles.